The van der Waals surface area contributed by atoms with E-state index in [-0.39, 0.29) is 0 Å². The fraction of sp³-hybridized carbons (Fsp3) is 0.833. The number of nitrogens with two attached hydrogens (primary N) is 1. The van der Waals surface area contributed by atoms with Gasteiger partial charge in [0.05, 0.1) is 6.54 Å². The van der Waals surface area contributed by atoms with Gasteiger partial charge in [-0.3, -0.25) is 4.99 Å². The van der Waals surface area contributed by atoms with Crippen molar-refractivity contribution >= 4 is 5.71 Å². The van der Waals surface area contributed by atoms with Crippen LogP contribution in [0.1, 0.15) is 20.3 Å². The molecule has 0 heterocycles. The molecule has 0 aliphatic carbocycles. The van der Waals surface area contributed by atoms with Crippen LogP contribution in [-0.4, -0.2) is 18.8 Å². The monoisotopic (exact) mass is 114 g/mol. The first-order chi connectivity index (χ1) is 3.81. The van der Waals surface area contributed by atoms with Crippen LogP contribution in [0.3, 0.4) is 0 Å². The van der Waals surface area contributed by atoms with Crippen molar-refractivity contribution in [3.05, 3.63) is 0 Å². The first kappa shape index (κ1) is 7.63. The van der Waals surface area contributed by atoms with Crippen LogP contribution in [0.15, 0.2) is 4.99 Å². The molecule has 0 atom stereocenters. The lowest BCUT2D eigenvalue weighted by Crippen LogP contribution is -2.04. The largest absolute Gasteiger partial charge is 0.329 e. The summed E-state index contributed by atoms with van der Waals surface area (Å²) in [6.07, 6.45) is 1.04. The van der Waals surface area contributed by atoms with Crippen molar-refractivity contribution in [2.45, 2.75) is 20.3 Å². The summed E-state index contributed by atoms with van der Waals surface area (Å²) in [5.41, 5.74) is 6.41. The van der Waals surface area contributed by atoms with Crippen LogP contribution < -0.4 is 5.73 Å². The summed E-state index contributed by atoms with van der Waals surface area (Å²) in [4.78, 5) is 4.15. The van der Waals surface area contributed by atoms with Gasteiger partial charge in [0.2, 0.25) is 0 Å². The third kappa shape index (κ3) is 3.81. The maximum Gasteiger partial charge on any atom is 0.0511 e. The van der Waals surface area contributed by atoms with Crippen molar-refractivity contribution in [3.8, 4) is 0 Å². The van der Waals surface area contributed by atoms with Crippen LogP contribution in [0.2, 0.25) is 0 Å². The van der Waals surface area contributed by atoms with Crippen LogP contribution in [-0.2, 0) is 0 Å². The van der Waals surface area contributed by atoms with Gasteiger partial charge in [-0.1, -0.05) is 6.92 Å². The second-order valence-corrected chi connectivity index (χ2v) is 1.76. The van der Waals surface area contributed by atoms with Gasteiger partial charge in [-0.25, -0.2) is 0 Å². The normalized spacial score (nSPS) is 12.1. The zero-order valence-corrected chi connectivity index (χ0v) is 5.65. The van der Waals surface area contributed by atoms with Crippen LogP contribution in [0, 0.1) is 0 Å². The highest BCUT2D eigenvalue weighted by atomic mass is 14.8. The second kappa shape index (κ2) is 4.78. The summed E-state index contributed by atoms with van der Waals surface area (Å²) in [5, 5.41) is 0. The van der Waals surface area contributed by atoms with E-state index in [1.54, 1.807) is 0 Å². The van der Waals surface area contributed by atoms with Gasteiger partial charge < -0.3 is 5.73 Å². The minimum absolute atomic E-state index is 0.664. The van der Waals surface area contributed by atoms with E-state index in [4.69, 9.17) is 5.73 Å². The third-order valence-corrected chi connectivity index (χ3v) is 1.02. The van der Waals surface area contributed by atoms with E-state index in [1.807, 2.05) is 6.92 Å². The Morgan fingerprint density at radius 1 is 1.62 bits per heavy atom. The Kier molecular flexibility index (Phi) is 4.56. The smallest absolute Gasteiger partial charge is 0.0511 e. The predicted molar refractivity (Wildman–Crippen MR) is 37.3 cm³/mol. The average Bonchev–Trinajstić information content (AvgIpc) is 1.83. The Bertz CT molecular complexity index is 76.6. The molecular weight excluding hydrogens is 100 g/mol. The molecule has 0 aromatic carbocycles. The number of hydrogen-bond donors (Lipinski definition) is 1. The lowest BCUT2D eigenvalue weighted by atomic mass is 10.3. The lowest BCUT2D eigenvalue weighted by molar-refractivity contribution is 0.966. The zero-order valence-electron chi connectivity index (χ0n) is 5.65. The summed E-state index contributed by atoms with van der Waals surface area (Å²) >= 11 is 0. The molecule has 0 unspecified atom stereocenters. The standard InChI is InChI=1S/C6H14N2/c1-3-6(2)8-5-4-7/h3-5,7H2,1-2H3. The van der Waals surface area contributed by atoms with Gasteiger partial charge in [0.25, 0.3) is 0 Å². The average molecular weight is 114 g/mol. The lowest BCUT2D eigenvalue weighted by Gasteiger charge is -1.91. The summed E-state index contributed by atoms with van der Waals surface area (Å²) in [6.45, 7) is 5.56. The summed E-state index contributed by atoms with van der Waals surface area (Å²) < 4.78 is 0. The van der Waals surface area contributed by atoms with Gasteiger partial charge in [0.1, 0.15) is 0 Å². The molecule has 2 heteroatoms. The Morgan fingerprint density at radius 2 is 2.25 bits per heavy atom. The van der Waals surface area contributed by atoms with Crippen molar-refractivity contribution in [2.24, 2.45) is 10.7 Å². The molecule has 8 heavy (non-hydrogen) atoms. The molecule has 48 valence electrons. The van der Waals surface area contributed by atoms with Crippen molar-refractivity contribution in [1.82, 2.24) is 0 Å². The Morgan fingerprint density at radius 3 is 2.62 bits per heavy atom. The molecular formula is C6H14N2. The molecule has 0 amide bonds. The Labute approximate surface area is 50.8 Å². The molecule has 0 aromatic rings. The van der Waals surface area contributed by atoms with E-state index >= 15 is 0 Å². The highest BCUT2D eigenvalue weighted by Gasteiger charge is 1.80. The number of hydrogen-bond acceptors (Lipinski definition) is 2. The molecule has 2 nitrogen and oxygen atoms in total. The third-order valence-electron chi connectivity index (χ3n) is 1.02. The van der Waals surface area contributed by atoms with Crippen molar-refractivity contribution < 1.29 is 0 Å². The van der Waals surface area contributed by atoms with Gasteiger partial charge in [-0.2, -0.15) is 0 Å². The summed E-state index contributed by atoms with van der Waals surface area (Å²) in [7, 11) is 0. The molecule has 0 bridgehead atoms. The van der Waals surface area contributed by atoms with Crippen LogP contribution in [0.5, 0.6) is 0 Å². The zero-order chi connectivity index (χ0) is 6.41. The van der Waals surface area contributed by atoms with Gasteiger partial charge in [-0.15, -0.1) is 0 Å². The molecule has 0 spiro atoms. The van der Waals surface area contributed by atoms with E-state index in [0.717, 1.165) is 13.0 Å². The van der Waals surface area contributed by atoms with Gasteiger partial charge in [-0.05, 0) is 13.3 Å². The fourth-order valence-corrected chi connectivity index (χ4v) is 0.367. The van der Waals surface area contributed by atoms with E-state index in [2.05, 4.69) is 11.9 Å². The summed E-state index contributed by atoms with van der Waals surface area (Å²) in [5.74, 6) is 0. The van der Waals surface area contributed by atoms with Crippen molar-refractivity contribution in [3.63, 3.8) is 0 Å². The predicted octanol–water partition coefficient (Wildman–Crippen LogP) is 0.816. The minimum atomic E-state index is 0.664. The van der Waals surface area contributed by atoms with Gasteiger partial charge >= 0.3 is 0 Å². The Hall–Kier alpha value is -0.370. The molecule has 2 N–H and O–H groups in total. The highest BCUT2D eigenvalue weighted by molar-refractivity contribution is 5.81. The van der Waals surface area contributed by atoms with Crippen LogP contribution in [0.4, 0.5) is 0 Å². The number of aliphatic imine (C=N–C) groups is 1. The Balaban J connectivity index is 3.26. The van der Waals surface area contributed by atoms with E-state index in [0.29, 0.717) is 6.54 Å². The van der Waals surface area contributed by atoms with Crippen molar-refractivity contribution in [1.29, 1.82) is 0 Å². The maximum atomic E-state index is 5.22. The minimum Gasteiger partial charge on any atom is -0.329 e. The molecule has 0 aliphatic rings. The quantitative estimate of drug-likeness (QED) is 0.542. The first-order valence-corrected chi connectivity index (χ1v) is 3.01. The van der Waals surface area contributed by atoms with Crippen LogP contribution in [0.25, 0.3) is 0 Å². The molecule has 0 aromatic heterocycles. The second-order valence-electron chi connectivity index (χ2n) is 1.76. The highest BCUT2D eigenvalue weighted by Crippen LogP contribution is 1.81. The molecule has 0 aliphatic heterocycles. The summed E-state index contributed by atoms with van der Waals surface area (Å²) in [6, 6.07) is 0. The SMILES string of the molecule is CCC(C)=NCCN. The first-order valence-electron chi connectivity index (χ1n) is 3.01. The number of rotatable bonds is 3. The number of nitrogens with zero attached hydrogens (tertiary/aromatic N) is 1. The van der Waals surface area contributed by atoms with E-state index < -0.39 is 0 Å². The van der Waals surface area contributed by atoms with Gasteiger partial charge in [0.15, 0.2) is 0 Å². The molecule has 0 saturated heterocycles. The molecule has 0 saturated carbocycles. The molecule has 0 radical (unpaired) electrons. The fourth-order valence-electron chi connectivity index (χ4n) is 0.367. The van der Waals surface area contributed by atoms with Crippen molar-refractivity contribution in [2.75, 3.05) is 13.1 Å². The topological polar surface area (TPSA) is 38.4 Å². The van der Waals surface area contributed by atoms with Gasteiger partial charge in [0, 0.05) is 12.3 Å². The van der Waals surface area contributed by atoms with E-state index in [1.165, 1.54) is 5.71 Å². The molecule has 0 fully saturated rings. The molecule has 0 rings (SSSR count). The van der Waals surface area contributed by atoms with Crippen LogP contribution >= 0.6 is 0 Å². The van der Waals surface area contributed by atoms with E-state index in [9.17, 15) is 0 Å². The maximum absolute atomic E-state index is 5.22.